The quantitative estimate of drug-likeness (QED) is 0.744. The Morgan fingerprint density at radius 3 is 2.57 bits per heavy atom. The normalized spacial score (nSPS) is 16.1. The number of rotatable bonds is 3. The van der Waals surface area contributed by atoms with Crippen molar-refractivity contribution in [1.29, 1.82) is 0 Å². The van der Waals surface area contributed by atoms with E-state index in [1.165, 1.54) is 16.8 Å². The Morgan fingerprint density at radius 2 is 1.78 bits per heavy atom. The molecule has 0 amide bonds. The molecule has 1 saturated heterocycles. The van der Waals surface area contributed by atoms with Gasteiger partial charge in [-0.2, -0.15) is 5.10 Å². The van der Waals surface area contributed by atoms with Crippen molar-refractivity contribution in [3.05, 3.63) is 60.0 Å². The van der Waals surface area contributed by atoms with Crippen molar-refractivity contribution in [2.45, 2.75) is 13.5 Å². The molecule has 0 spiro atoms. The Bertz CT molecular complexity index is 785. The second-order valence-electron chi connectivity index (χ2n) is 6.20. The number of piperazine rings is 1. The van der Waals surface area contributed by atoms with Crippen molar-refractivity contribution < 1.29 is 0 Å². The Kier molecular flexibility index (Phi) is 3.71. The summed E-state index contributed by atoms with van der Waals surface area (Å²) in [6.45, 7) is 7.45. The second-order valence-corrected chi connectivity index (χ2v) is 6.20. The van der Waals surface area contributed by atoms with Gasteiger partial charge in [0.1, 0.15) is 6.33 Å². The average Bonchev–Trinajstić information content (AvgIpc) is 3.04. The minimum absolute atomic E-state index is 0.917. The van der Waals surface area contributed by atoms with Crippen molar-refractivity contribution in [1.82, 2.24) is 19.5 Å². The molecular formula is C18H21N5. The number of benzene rings is 1. The zero-order chi connectivity index (χ0) is 15.6. The highest BCUT2D eigenvalue weighted by atomic mass is 15.3. The van der Waals surface area contributed by atoms with Crippen LogP contribution in [0.3, 0.4) is 0 Å². The van der Waals surface area contributed by atoms with Gasteiger partial charge in [-0.25, -0.2) is 9.50 Å². The molecule has 1 fully saturated rings. The summed E-state index contributed by atoms with van der Waals surface area (Å²) in [4.78, 5) is 9.23. The lowest BCUT2D eigenvalue weighted by molar-refractivity contribution is 0.250. The summed E-state index contributed by atoms with van der Waals surface area (Å²) >= 11 is 0. The number of fused-ring (bicyclic) bond motifs is 1. The van der Waals surface area contributed by atoms with Gasteiger partial charge in [0.2, 0.25) is 0 Å². The van der Waals surface area contributed by atoms with Crippen molar-refractivity contribution in [2.75, 3.05) is 31.1 Å². The molecule has 1 aliphatic heterocycles. The van der Waals surface area contributed by atoms with Crippen LogP contribution in [0.15, 0.2) is 48.9 Å². The van der Waals surface area contributed by atoms with E-state index in [1.807, 2.05) is 6.20 Å². The summed E-state index contributed by atoms with van der Waals surface area (Å²) in [7, 11) is 0. The summed E-state index contributed by atoms with van der Waals surface area (Å²) in [5.41, 5.74) is 4.87. The van der Waals surface area contributed by atoms with Gasteiger partial charge in [-0.1, -0.05) is 17.7 Å². The summed E-state index contributed by atoms with van der Waals surface area (Å²) in [6, 6.07) is 13.1. The monoisotopic (exact) mass is 307 g/mol. The summed E-state index contributed by atoms with van der Waals surface area (Å²) in [5, 5.41) is 4.14. The van der Waals surface area contributed by atoms with Crippen LogP contribution in [0.1, 0.15) is 11.1 Å². The van der Waals surface area contributed by atoms with Gasteiger partial charge >= 0.3 is 0 Å². The lowest BCUT2D eigenvalue weighted by Crippen LogP contribution is -2.45. The van der Waals surface area contributed by atoms with E-state index in [2.05, 4.69) is 63.2 Å². The van der Waals surface area contributed by atoms with E-state index in [9.17, 15) is 0 Å². The maximum absolute atomic E-state index is 4.26. The molecule has 0 N–H and O–H groups in total. The van der Waals surface area contributed by atoms with E-state index in [0.717, 1.165) is 38.4 Å². The van der Waals surface area contributed by atoms with Gasteiger partial charge in [0.25, 0.3) is 0 Å². The summed E-state index contributed by atoms with van der Waals surface area (Å²) in [5.74, 6) is 0. The number of anilines is 1. The van der Waals surface area contributed by atoms with Crippen LogP contribution in [-0.4, -0.2) is 45.7 Å². The molecule has 0 atom stereocenters. The SMILES string of the molecule is Cc1ccc(N2CCN(Cc3ccn4ncnc4c3)CC2)cc1. The van der Waals surface area contributed by atoms with Crippen LogP contribution in [0.2, 0.25) is 0 Å². The van der Waals surface area contributed by atoms with Crippen LogP contribution in [0.4, 0.5) is 5.69 Å². The van der Waals surface area contributed by atoms with Gasteiger partial charge < -0.3 is 4.90 Å². The molecule has 0 bridgehead atoms. The number of pyridine rings is 1. The van der Waals surface area contributed by atoms with Crippen LogP contribution >= 0.6 is 0 Å². The van der Waals surface area contributed by atoms with Crippen molar-refractivity contribution in [3.63, 3.8) is 0 Å². The maximum Gasteiger partial charge on any atom is 0.155 e. The molecule has 3 aromatic rings. The first kappa shape index (κ1) is 14.2. The minimum atomic E-state index is 0.917. The van der Waals surface area contributed by atoms with E-state index in [0.29, 0.717) is 0 Å². The minimum Gasteiger partial charge on any atom is -0.369 e. The lowest BCUT2D eigenvalue weighted by Gasteiger charge is -2.36. The zero-order valence-electron chi connectivity index (χ0n) is 13.4. The van der Waals surface area contributed by atoms with Crippen LogP contribution in [0.25, 0.3) is 5.65 Å². The predicted octanol–water partition coefficient (Wildman–Crippen LogP) is 2.36. The number of aryl methyl sites for hydroxylation is 1. The van der Waals surface area contributed by atoms with Crippen LogP contribution in [0.5, 0.6) is 0 Å². The third kappa shape index (κ3) is 3.05. The molecule has 118 valence electrons. The molecule has 4 rings (SSSR count). The van der Waals surface area contributed by atoms with E-state index in [4.69, 9.17) is 0 Å². The molecule has 5 nitrogen and oxygen atoms in total. The number of nitrogens with zero attached hydrogens (tertiary/aromatic N) is 5. The highest BCUT2D eigenvalue weighted by Crippen LogP contribution is 2.18. The lowest BCUT2D eigenvalue weighted by atomic mass is 10.2. The molecule has 5 heteroatoms. The van der Waals surface area contributed by atoms with Crippen LogP contribution in [-0.2, 0) is 6.54 Å². The molecule has 3 heterocycles. The Hall–Kier alpha value is -2.40. The largest absolute Gasteiger partial charge is 0.369 e. The zero-order valence-corrected chi connectivity index (χ0v) is 13.4. The highest BCUT2D eigenvalue weighted by molar-refractivity contribution is 5.48. The molecule has 0 unspecified atom stereocenters. The van der Waals surface area contributed by atoms with Gasteiger partial charge in [-0.05, 0) is 36.8 Å². The standard InChI is InChI=1S/C18H21N5/c1-15-2-4-17(5-3-15)22-10-8-21(9-11-22)13-16-6-7-23-18(12-16)19-14-20-23/h2-7,12,14H,8-11,13H2,1H3. The topological polar surface area (TPSA) is 36.7 Å². The first-order chi connectivity index (χ1) is 11.3. The molecule has 2 aromatic heterocycles. The molecule has 0 saturated carbocycles. The van der Waals surface area contributed by atoms with E-state index in [1.54, 1.807) is 10.8 Å². The summed E-state index contributed by atoms with van der Waals surface area (Å²) in [6.07, 6.45) is 3.58. The van der Waals surface area contributed by atoms with Gasteiger partial charge in [0.05, 0.1) is 0 Å². The fraction of sp³-hybridized carbons (Fsp3) is 0.333. The first-order valence-corrected chi connectivity index (χ1v) is 8.10. The second kappa shape index (κ2) is 6.01. The number of hydrogen-bond donors (Lipinski definition) is 0. The molecule has 1 aromatic carbocycles. The van der Waals surface area contributed by atoms with E-state index < -0.39 is 0 Å². The van der Waals surface area contributed by atoms with Gasteiger partial charge in [-0.3, -0.25) is 4.90 Å². The smallest absolute Gasteiger partial charge is 0.155 e. The molecule has 1 aliphatic rings. The van der Waals surface area contributed by atoms with E-state index >= 15 is 0 Å². The maximum atomic E-state index is 4.26. The predicted molar refractivity (Wildman–Crippen MR) is 91.7 cm³/mol. The third-order valence-corrected chi connectivity index (χ3v) is 4.52. The third-order valence-electron chi connectivity index (χ3n) is 4.52. The Balaban J connectivity index is 1.38. The molecule has 23 heavy (non-hydrogen) atoms. The summed E-state index contributed by atoms with van der Waals surface area (Å²) < 4.78 is 1.80. The molecule has 0 radical (unpaired) electrons. The average molecular weight is 307 g/mol. The molecular weight excluding hydrogens is 286 g/mol. The number of hydrogen-bond acceptors (Lipinski definition) is 4. The van der Waals surface area contributed by atoms with Crippen molar-refractivity contribution >= 4 is 11.3 Å². The van der Waals surface area contributed by atoms with Gasteiger partial charge in [0, 0.05) is 44.6 Å². The fourth-order valence-electron chi connectivity index (χ4n) is 3.13. The molecule has 0 aliphatic carbocycles. The van der Waals surface area contributed by atoms with Gasteiger partial charge in [0.15, 0.2) is 5.65 Å². The highest BCUT2D eigenvalue weighted by Gasteiger charge is 2.17. The van der Waals surface area contributed by atoms with Crippen molar-refractivity contribution in [3.8, 4) is 0 Å². The van der Waals surface area contributed by atoms with Crippen molar-refractivity contribution in [2.24, 2.45) is 0 Å². The van der Waals surface area contributed by atoms with Gasteiger partial charge in [-0.15, -0.1) is 0 Å². The number of aromatic nitrogens is 3. The fourth-order valence-corrected chi connectivity index (χ4v) is 3.13. The first-order valence-electron chi connectivity index (χ1n) is 8.10. The van der Waals surface area contributed by atoms with Crippen LogP contribution in [0, 0.1) is 6.92 Å². The van der Waals surface area contributed by atoms with E-state index in [-0.39, 0.29) is 0 Å². The Morgan fingerprint density at radius 1 is 1.00 bits per heavy atom. The van der Waals surface area contributed by atoms with Crippen LogP contribution < -0.4 is 4.90 Å². The Labute approximate surface area is 136 Å².